The van der Waals surface area contributed by atoms with Crippen molar-refractivity contribution in [2.75, 3.05) is 26.0 Å². The van der Waals surface area contributed by atoms with E-state index >= 15 is 0 Å². The minimum atomic E-state index is -0.0537. The third kappa shape index (κ3) is 3.22. The predicted octanol–water partition coefficient (Wildman–Crippen LogP) is 3.39. The summed E-state index contributed by atoms with van der Waals surface area (Å²) in [7, 11) is 4.15. The fraction of sp³-hybridized carbons (Fsp3) is 0.389. The summed E-state index contributed by atoms with van der Waals surface area (Å²) >= 11 is 0. The van der Waals surface area contributed by atoms with E-state index in [1.54, 1.807) is 0 Å². The molecule has 1 N–H and O–H groups in total. The van der Waals surface area contributed by atoms with Crippen LogP contribution in [0.15, 0.2) is 36.4 Å². The molecule has 4 heteroatoms. The summed E-state index contributed by atoms with van der Waals surface area (Å²) in [6, 6.07) is 12.6. The third-order valence-corrected chi connectivity index (χ3v) is 3.62. The number of anilines is 1. The van der Waals surface area contributed by atoms with Crippen LogP contribution in [0.25, 0.3) is 11.3 Å². The molecule has 0 amide bonds. The van der Waals surface area contributed by atoms with Crippen LogP contribution >= 0.6 is 0 Å². The van der Waals surface area contributed by atoms with Crippen LogP contribution in [0.1, 0.15) is 19.4 Å². The van der Waals surface area contributed by atoms with E-state index in [-0.39, 0.29) is 5.54 Å². The summed E-state index contributed by atoms with van der Waals surface area (Å²) in [5.41, 5.74) is 4.25. The highest BCUT2D eigenvalue weighted by atomic mass is 16.5. The van der Waals surface area contributed by atoms with Crippen LogP contribution in [0.3, 0.4) is 0 Å². The summed E-state index contributed by atoms with van der Waals surface area (Å²) in [5, 5.41) is 3.46. The highest BCUT2D eigenvalue weighted by molar-refractivity contribution is 5.66. The molecule has 0 fully saturated rings. The first kappa shape index (κ1) is 14.9. The zero-order valence-electron chi connectivity index (χ0n) is 13.7. The number of ether oxygens (including phenoxy) is 1. The molecule has 1 aliphatic rings. The van der Waals surface area contributed by atoms with Gasteiger partial charge in [0.1, 0.15) is 6.61 Å². The van der Waals surface area contributed by atoms with Gasteiger partial charge in [0.25, 0.3) is 0 Å². The Kier molecular flexibility index (Phi) is 3.79. The first-order valence-corrected chi connectivity index (χ1v) is 7.59. The van der Waals surface area contributed by atoms with E-state index < -0.39 is 0 Å². The summed E-state index contributed by atoms with van der Waals surface area (Å²) in [5.74, 6) is 0.690. The average molecular weight is 297 g/mol. The molecule has 1 aromatic heterocycles. The maximum atomic E-state index is 5.81. The summed E-state index contributed by atoms with van der Waals surface area (Å²) in [6.45, 7) is 5.78. The van der Waals surface area contributed by atoms with E-state index in [4.69, 9.17) is 4.74 Å². The van der Waals surface area contributed by atoms with Gasteiger partial charge in [0.05, 0.1) is 16.9 Å². The van der Waals surface area contributed by atoms with Gasteiger partial charge >= 0.3 is 0 Å². The number of nitrogens with one attached hydrogen (secondary N) is 1. The number of benzene rings is 1. The van der Waals surface area contributed by atoms with Crippen LogP contribution in [-0.4, -0.2) is 36.1 Å². The molecule has 0 radical (unpaired) electrons. The molecular weight excluding hydrogens is 274 g/mol. The van der Waals surface area contributed by atoms with Crippen molar-refractivity contribution in [1.29, 1.82) is 0 Å². The zero-order valence-corrected chi connectivity index (χ0v) is 13.7. The quantitative estimate of drug-likeness (QED) is 0.942. The van der Waals surface area contributed by atoms with E-state index in [1.165, 1.54) is 5.56 Å². The largest absolute Gasteiger partial charge is 0.474 e. The van der Waals surface area contributed by atoms with Gasteiger partial charge in [0, 0.05) is 12.1 Å². The van der Waals surface area contributed by atoms with Gasteiger partial charge in [0.2, 0.25) is 5.88 Å². The van der Waals surface area contributed by atoms with E-state index in [2.05, 4.69) is 73.5 Å². The molecule has 3 rings (SSSR count). The van der Waals surface area contributed by atoms with E-state index in [0.717, 1.165) is 23.5 Å². The van der Waals surface area contributed by atoms with Gasteiger partial charge in [-0.1, -0.05) is 18.2 Å². The normalized spacial score (nSPS) is 15.9. The van der Waals surface area contributed by atoms with Crippen molar-refractivity contribution >= 4 is 5.69 Å². The molecule has 2 aromatic rings. The molecule has 0 saturated heterocycles. The number of rotatable bonds is 3. The molecule has 0 bridgehead atoms. The van der Waals surface area contributed by atoms with Crippen molar-refractivity contribution in [2.24, 2.45) is 0 Å². The summed E-state index contributed by atoms with van der Waals surface area (Å²) in [6.07, 6.45) is 0. The zero-order chi connectivity index (χ0) is 15.7. The number of fused-ring (bicyclic) bond motifs is 1. The van der Waals surface area contributed by atoms with Crippen LogP contribution in [0.2, 0.25) is 0 Å². The van der Waals surface area contributed by atoms with Crippen molar-refractivity contribution in [3.05, 3.63) is 42.0 Å². The van der Waals surface area contributed by atoms with Gasteiger partial charge in [-0.2, -0.15) is 0 Å². The molecule has 2 heterocycles. The predicted molar refractivity (Wildman–Crippen MR) is 90.3 cm³/mol. The Balaban J connectivity index is 1.90. The minimum Gasteiger partial charge on any atom is -0.474 e. The van der Waals surface area contributed by atoms with Crippen LogP contribution in [0.4, 0.5) is 5.69 Å². The highest BCUT2D eigenvalue weighted by Gasteiger charge is 2.26. The van der Waals surface area contributed by atoms with E-state index in [0.29, 0.717) is 12.5 Å². The molecule has 22 heavy (non-hydrogen) atoms. The smallest absolute Gasteiger partial charge is 0.238 e. The molecule has 4 nitrogen and oxygen atoms in total. The van der Waals surface area contributed by atoms with Gasteiger partial charge in [-0.25, -0.2) is 4.98 Å². The van der Waals surface area contributed by atoms with Crippen LogP contribution in [0, 0.1) is 0 Å². The molecule has 0 saturated carbocycles. The first-order chi connectivity index (χ1) is 10.4. The Morgan fingerprint density at radius 3 is 2.82 bits per heavy atom. The Morgan fingerprint density at radius 1 is 1.23 bits per heavy atom. The second-order valence-electron chi connectivity index (χ2n) is 6.78. The second-order valence-corrected chi connectivity index (χ2v) is 6.78. The van der Waals surface area contributed by atoms with Crippen LogP contribution < -0.4 is 10.1 Å². The maximum absolute atomic E-state index is 5.81. The lowest BCUT2D eigenvalue weighted by molar-refractivity contribution is 0.233. The molecule has 0 atom stereocenters. The van der Waals surface area contributed by atoms with Crippen molar-refractivity contribution in [3.8, 4) is 17.1 Å². The lowest BCUT2D eigenvalue weighted by atomic mass is 10.0. The molecular formula is C18H23N3O. The Morgan fingerprint density at radius 2 is 2.05 bits per heavy atom. The summed E-state index contributed by atoms with van der Waals surface area (Å²) in [4.78, 5) is 6.83. The number of hydrogen-bond acceptors (Lipinski definition) is 4. The molecule has 0 spiro atoms. The van der Waals surface area contributed by atoms with Gasteiger partial charge in [-0.15, -0.1) is 0 Å². The van der Waals surface area contributed by atoms with Crippen molar-refractivity contribution < 1.29 is 4.74 Å². The first-order valence-electron chi connectivity index (χ1n) is 7.59. The number of aromatic nitrogens is 1. The molecule has 0 unspecified atom stereocenters. The van der Waals surface area contributed by atoms with Crippen molar-refractivity contribution in [2.45, 2.75) is 25.9 Å². The van der Waals surface area contributed by atoms with Gasteiger partial charge < -0.3 is 15.0 Å². The Hall–Kier alpha value is -2.07. The average Bonchev–Trinajstić information content (AvgIpc) is 2.45. The highest BCUT2D eigenvalue weighted by Crippen LogP contribution is 2.33. The lowest BCUT2D eigenvalue weighted by Crippen LogP contribution is -2.41. The fourth-order valence-corrected chi connectivity index (χ4v) is 2.65. The second kappa shape index (κ2) is 5.61. The van der Waals surface area contributed by atoms with Crippen LogP contribution in [0.5, 0.6) is 5.88 Å². The topological polar surface area (TPSA) is 37.4 Å². The maximum Gasteiger partial charge on any atom is 0.238 e. The van der Waals surface area contributed by atoms with Gasteiger partial charge in [-0.3, -0.25) is 0 Å². The van der Waals surface area contributed by atoms with Gasteiger partial charge in [0.15, 0.2) is 0 Å². The minimum absolute atomic E-state index is 0.0537. The number of hydrogen-bond donors (Lipinski definition) is 1. The number of pyridine rings is 1. The Bertz CT molecular complexity index is 680. The standard InChI is InChI=1S/C18H23N3O/c1-18(2)12-22-17-16(20-18)9-8-15(19-17)14-7-5-6-13(10-14)11-21(3)4/h5-10,20H,11-12H2,1-4H3. The monoisotopic (exact) mass is 297 g/mol. The molecule has 1 aromatic carbocycles. The van der Waals surface area contributed by atoms with Crippen molar-refractivity contribution in [1.82, 2.24) is 9.88 Å². The third-order valence-electron chi connectivity index (χ3n) is 3.62. The Labute approximate surface area is 132 Å². The lowest BCUT2D eigenvalue weighted by Gasteiger charge is -2.33. The number of nitrogens with zero attached hydrogens (tertiary/aromatic N) is 2. The molecule has 1 aliphatic heterocycles. The van der Waals surface area contributed by atoms with Gasteiger partial charge in [-0.05, 0) is 51.7 Å². The van der Waals surface area contributed by atoms with Crippen molar-refractivity contribution in [3.63, 3.8) is 0 Å². The van der Waals surface area contributed by atoms with E-state index in [9.17, 15) is 0 Å². The molecule has 116 valence electrons. The SMILES string of the molecule is CN(C)Cc1cccc(-c2ccc3c(n2)OCC(C)(C)N3)c1. The van der Waals surface area contributed by atoms with Crippen LogP contribution in [-0.2, 0) is 6.54 Å². The fourth-order valence-electron chi connectivity index (χ4n) is 2.65. The summed E-state index contributed by atoms with van der Waals surface area (Å²) < 4.78 is 5.81. The van der Waals surface area contributed by atoms with E-state index in [1.807, 2.05) is 6.07 Å². The molecule has 0 aliphatic carbocycles.